The number of rotatable bonds is 3. The molecular weight excluding hydrogens is 258 g/mol. The molecule has 2 heteroatoms. The van der Waals surface area contributed by atoms with Gasteiger partial charge in [-0.3, -0.25) is 0 Å². The maximum atomic E-state index is 11.2. The third-order valence-electron chi connectivity index (χ3n) is 5.37. The summed E-state index contributed by atoms with van der Waals surface area (Å²) in [6.07, 6.45) is 7.81. The van der Waals surface area contributed by atoms with Crippen molar-refractivity contribution in [3.63, 3.8) is 0 Å². The summed E-state index contributed by atoms with van der Waals surface area (Å²) in [5.74, 6) is 1.43. The number of aryl methyl sites for hydroxylation is 1. The fourth-order valence-corrected chi connectivity index (χ4v) is 4.43. The van der Waals surface area contributed by atoms with Crippen LogP contribution in [-0.4, -0.2) is 16.7 Å². The van der Waals surface area contributed by atoms with E-state index in [0.717, 1.165) is 31.6 Å². The Labute approximate surface area is 129 Å². The van der Waals surface area contributed by atoms with E-state index in [9.17, 15) is 5.11 Å². The Balaban J connectivity index is 1.71. The van der Waals surface area contributed by atoms with Crippen molar-refractivity contribution in [3.05, 3.63) is 29.8 Å². The van der Waals surface area contributed by atoms with Crippen molar-refractivity contribution in [2.75, 3.05) is 5.32 Å². The molecule has 116 valence electrons. The van der Waals surface area contributed by atoms with Gasteiger partial charge in [-0.15, -0.1) is 0 Å². The maximum Gasteiger partial charge on any atom is 0.0850 e. The average Bonchev–Trinajstić information content (AvgIpc) is 2.46. The van der Waals surface area contributed by atoms with E-state index in [0.29, 0.717) is 5.92 Å². The topological polar surface area (TPSA) is 32.3 Å². The molecule has 2 nitrogen and oxygen atoms in total. The van der Waals surface area contributed by atoms with Gasteiger partial charge in [-0.1, -0.05) is 44.9 Å². The van der Waals surface area contributed by atoms with Crippen molar-refractivity contribution < 1.29 is 5.11 Å². The first-order valence-electron chi connectivity index (χ1n) is 8.63. The lowest BCUT2D eigenvalue weighted by Gasteiger charge is -2.45. The Morgan fingerprint density at radius 1 is 1.29 bits per heavy atom. The Morgan fingerprint density at radius 2 is 2.10 bits per heavy atom. The highest BCUT2D eigenvalue weighted by Gasteiger charge is 2.42. The molecule has 3 rings (SSSR count). The van der Waals surface area contributed by atoms with Crippen molar-refractivity contribution in [3.8, 4) is 0 Å². The Kier molecular flexibility index (Phi) is 4.26. The van der Waals surface area contributed by atoms with E-state index in [-0.39, 0.29) is 6.04 Å². The van der Waals surface area contributed by atoms with Crippen LogP contribution >= 0.6 is 0 Å². The predicted molar refractivity (Wildman–Crippen MR) is 88.5 cm³/mol. The Morgan fingerprint density at radius 3 is 2.90 bits per heavy atom. The molecular formula is C19H29NO. The summed E-state index contributed by atoms with van der Waals surface area (Å²) in [4.78, 5) is 0. The molecule has 0 radical (unpaired) electrons. The summed E-state index contributed by atoms with van der Waals surface area (Å²) >= 11 is 0. The Bertz CT molecular complexity index is 484. The van der Waals surface area contributed by atoms with Crippen LogP contribution in [0.2, 0.25) is 0 Å². The highest BCUT2D eigenvalue weighted by molar-refractivity contribution is 5.54. The SMILES string of the molecule is CC(C)CC1CCCC(O)(C2CCc3ccccc3N2)C1. The van der Waals surface area contributed by atoms with Crippen LogP contribution in [0, 0.1) is 11.8 Å². The van der Waals surface area contributed by atoms with Gasteiger partial charge in [0.15, 0.2) is 0 Å². The molecule has 0 aromatic heterocycles. The van der Waals surface area contributed by atoms with E-state index < -0.39 is 5.60 Å². The summed E-state index contributed by atoms with van der Waals surface area (Å²) in [5.41, 5.74) is 2.12. The van der Waals surface area contributed by atoms with Gasteiger partial charge in [0.05, 0.1) is 11.6 Å². The van der Waals surface area contributed by atoms with Crippen LogP contribution in [0.3, 0.4) is 0 Å². The molecule has 1 aromatic rings. The molecule has 2 aliphatic rings. The lowest BCUT2D eigenvalue weighted by molar-refractivity contribution is -0.0373. The molecule has 1 heterocycles. The second kappa shape index (κ2) is 6.00. The second-order valence-electron chi connectivity index (χ2n) is 7.59. The van der Waals surface area contributed by atoms with Crippen LogP contribution in [0.4, 0.5) is 5.69 Å². The molecule has 21 heavy (non-hydrogen) atoms. The van der Waals surface area contributed by atoms with E-state index in [2.05, 4.69) is 43.4 Å². The van der Waals surface area contributed by atoms with E-state index in [1.807, 2.05) is 0 Å². The monoisotopic (exact) mass is 287 g/mol. The lowest BCUT2D eigenvalue weighted by Crippen LogP contribution is -2.51. The first kappa shape index (κ1) is 14.9. The van der Waals surface area contributed by atoms with Gasteiger partial charge >= 0.3 is 0 Å². The van der Waals surface area contributed by atoms with Gasteiger partial charge in [-0.2, -0.15) is 0 Å². The minimum Gasteiger partial charge on any atom is -0.388 e. The number of hydrogen-bond donors (Lipinski definition) is 2. The number of nitrogens with one attached hydrogen (secondary N) is 1. The van der Waals surface area contributed by atoms with Crippen molar-refractivity contribution in [1.82, 2.24) is 0 Å². The van der Waals surface area contributed by atoms with Gasteiger partial charge in [0.25, 0.3) is 0 Å². The van der Waals surface area contributed by atoms with Crippen LogP contribution in [0.25, 0.3) is 0 Å². The minimum atomic E-state index is -0.509. The fourth-order valence-electron chi connectivity index (χ4n) is 4.43. The minimum absolute atomic E-state index is 0.224. The fraction of sp³-hybridized carbons (Fsp3) is 0.684. The average molecular weight is 287 g/mol. The first-order chi connectivity index (χ1) is 10.1. The summed E-state index contributed by atoms with van der Waals surface area (Å²) in [7, 11) is 0. The van der Waals surface area contributed by atoms with Crippen molar-refractivity contribution in [2.45, 2.75) is 70.4 Å². The number of para-hydroxylation sites is 1. The van der Waals surface area contributed by atoms with Gasteiger partial charge in [0.1, 0.15) is 0 Å². The summed E-state index contributed by atoms with van der Waals surface area (Å²) in [6, 6.07) is 8.77. The zero-order valence-corrected chi connectivity index (χ0v) is 13.4. The number of hydrogen-bond acceptors (Lipinski definition) is 2. The molecule has 2 N–H and O–H groups in total. The van der Waals surface area contributed by atoms with Gasteiger partial charge in [-0.25, -0.2) is 0 Å². The zero-order chi connectivity index (χ0) is 14.9. The van der Waals surface area contributed by atoms with E-state index in [1.54, 1.807) is 0 Å². The van der Waals surface area contributed by atoms with Crippen LogP contribution in [0.5, 0.6) is 0 Å². The molecule has 0 spiro atoms. The van der Waals surface area contributed by atoms with Gasteiger partial charge in [0, 0.05) is 5.69 Å². The summed E-state index contributed by atoms with van der Waals surface area (Å²) in [6.45, 7) is 4.59. The molecule has 3 unspecified atom stereocenters. The molecule has 1 aliphatic heterocycles. The second-order valence-corrected chi connectivity index (χ2v) is 7.59. The van der Waals surface area contributed by atoms with Crippen molar-refractivity contribution >= 4 is 5.69 Å². The molecule has 0 bridgehead atoms. The van der Waals surface area contributed by atoms with Gasteiger partial charge in [0.2, 0.25) is 0 Å². The standard InChI is InChI=1S/C19H29NO/c1-14(2)12-15-6-5-11-19(21,13-15)18-10-9-16-7-3-4-8-17(16)20-18/h3-4,7-8,14-15,18,20-21H,5-6,9-13H2,1-2H3. The zero-order valence-electron chi connectivity index (χ0n) is 13.4. The lowest BCUT2D eigenvalue weighted by atomic mass is 9.70. The molecule has 1 aliphatic carbocycles. The molecule has 0 saturated heterocycles. The van der Waals surface area contributed by atoms with E-state index >= 15 is 0 Å². The highest BCUT2D eigenvalue weighted by atomic mass is 16.3. The van der Waals surface area contributed by atoms with Gasteiger partial charge in [-0.05, 0) is 55.6 Å². The van der Waals surface area contributed by atoms with Crippen LogP contribution in [0.15, 0.2) is 24.3 Å². The number of fused-ring (bicyclic) bond motifs is 1. The van der Waals surface area contributed by atoms with Crippen molar-refractivity contribution in [1.29, 1.82) is 0 Å². The first-order valence-corrected chi connectivity index (χ1v) is 8.63. The number of benzene rings is 1. The van der Waals surface area contributed by atoms with Gasteiger partial charge < -0.3 is 10.4 Å². The molecule has 3 atom stereocenters. The molecule has 1 saturated carbocycles. The Hall–Kier alpha value is -1.02. The molecule has 1 aromatic carbocycles. The maximum absolute atomic E-state index is 11.2. The summed E-state index contributed by atoms with van der Waals surface area (Å²) in [5, 5.41) is 14.9. The quantitative estimate of drug-likeness (QED) is 0.864. The van der Waals surface area contributed by atoms with Crippen LogP contribution in [-0.2, 0) is 6.42 Å². The smallest absolute Gasteiger partial charge is 0.0850 e. The number of aliphatic hydroxyl groups is 1. The van der Waals surface area contributed by atoms with Crippen molar-refractivity contribution in [2.24, 2.45) is 11.8 Å². The normalized spacial score (nSPS) is 32.6. The largest absolute Gasteiger partial charge is 0.388 e. The van der Waals surface area contributed by atoms with E-state index in [4.69, 9.17) is 0 Å². The highest BCUT2D eigenvalue weighted by Crippen LogP contribution is 2.41. The third kappa shape index (κ3) is 3.26. The summed E-state index contributed by atoms with van der Waals surface area (Å²) < 4.78 is 0. The van der Waals surface area contributed by atoms with Crippen LogP contribution in [0.1, 0.15) is 57.9 Å². The molecule has 0 amide bonds. The predicted octanol–water partition coefficient (Wildman–Crippen LogP) is 4.38. The number of anilines is 1. The van der Waals surface area contributed by atoms with Crippen LogP contribution < -0.4 is 5.32 Å². The molecule has 1 fully saturated rings. The third-order valence-corrected chi connectivity index (χ3v) is 5.37. The van der Waals surface area contributed by atoms with E-state index in [1.165, 1.54) is 30.5 Å².